The SMILES string of the molecule is CCCCCCCCCCOCC(C)[O]. The van der Waals surface area contributed by atoms with E-state index in [1.54, 1.807) is 6.92 Å². The van der Waals surface area contributed by atoms with Crippen molar-refractivity contribution in [1.82, 2.24) is 0 Å². The van der Waals surface area contributed by atoms with Gasteiger partial charge in [-0.1, -0.05) is 51.9 Å². The van der Waals surface area contributed by atoms with E-state index in [0.717, 1.165) is 13.0 Å². The summed E-state index contributed by atoms with van der Waals surface area (Å²) in [6, 6.07) is 0. The molecule has 0 fully saturated rings. The molecule has 0 aliphatic heterocycles. The predicted octanol–water partition coefficient (Wildman–Crippen LogP) is 3.96. The number of unbranched alkanes of at least 4 members (excludes halogenated alkanes) is 7. The Morgan fingerprint density at radius 1 is 0.933 bits per heavy atom. The lowest BCUT2D eigenvalue weighted by Crippen LogP contribution is -2.09. The van der Waals surface area contributed by atoms with E-state index in [1.165, 1.54) is 44.9 Å². The summed E-state index contributed by atoms with van der Waals surface area (Å²) >= 11 is 0. The molecule has 1 unspecified atom stereocenters. The molecule has 0 rings (SSSR count). The molecular weight excluding hydrogens is 188 g/mol. The summed E-state index contributed by atoms with van der Waals surface area (Å²) in [5.74, 6) is 0. The lowest BCUT2D eigenvalue weighted by atomic mass is 10.1. The van der Waals surface area contributed by atoms with Crippen LogP contribution in [-0.2, 0) is 9.84 Å². The summed E-state index contributed by atoms with van der Waals surface area (Å²) in [6.45, 7) is 5.03. The van der Waals surface area contributed by atoms with Crippen LogP contribution < -0.4 is 0 Å². The van der Waals surface area contributed by atoms with E-state index in [2.05, 4.69) is 6.92 Å². The van der Waals surface area contributed by atoms with Gasteiger partial charge in [-0.15, -0.1) is 0 Å². The lowest BCUT2D eigenvalue weighted by molar-refractivity contribution is 0.00659. The first-order valence-corrected chi connectivity index (χ1v) is 6.51. The topological polar surface area (TPSA) is 29.1 Å². The standard InChI is InChI=1S/C13H27O2/c1-3-4-5-6-7-8-9-10-11-15-12-13(2)14/h13H,3-12H2,1-2H3. The molecule has 0 N–H and O–H groups in total. The second-order valence-corrected chi connectivity index (χ2v) is 4.36. The Morgan fingerprint density at radius 2 is 1.47 bits per heavy atom. The molecule has 0 aliphatic carbocycles. The van der Waals surface area contributed by atoms with Crippen molar-refractivity contribution in [2.24, 2.45) is 0 Å². The quantitative estimate of drug-likeness (QED) is 0.480. The van der Waals surface area contributed by atoms with E-state index < -0.39 is 6.10 Å². The molecule has 0 aromatic carbocycles. The van der Waals surface area contributed by atoms with Crippen LogP contribution in [0.3, 0.4) is 0 Å². The zero-order valence-corrected chi connectivity index (χ0v) is 10.5. The Balaban J connectivity index is 2.87. The highest BCUT2D eigenvalue weighted by Crippen LogP contribution is 2.08. The van der Waals surface area contributed by atoms with E-state index in [0.29, 0.717) is 6.61 Å². The Morgan fingerprint density at radius 3 is 2.00 bits per heavy atom. The van der Waals surface area contributed by atoms with Crippen molar-refractivity contribution >= 4 is 0 Å². The molecule has 0 bridgehead atoms. The minimum atomic E-state index is -0.570. The number of hydrogen-bond acceptors (Lipinski definition) is 1. The van der Waals surface area contributed by atoms with Crippen LogP contribution in [0, 0.1) is 0 Å². The first-order chi connectivity index (χ1) is 7.27. The number of hydrogen-bond donors (Lipinski definition) is 0. The van der Waals surface area contributed by atoms with E-state index >= 15 is 0 Å². The molecule has 0 saturated heterocycles. The van der Waals surface area contributed by atoms with Crippen molar-refractivity contribution in [2.75, 3.05) is 13.2 Å². The first-order valence-electron chi connectivity index (χ1n) is 6.51. The maximum atomic E-state index is 10.6. The first kappa shape index (κ1) is 14.9. The van der Waals surface area contributed by atoms with Crippen molar-refractivity contribution in [3.63, 3.8) is 0 Å². The van der Waals surface area contributed by atoms with Gasteiger partial charge in [-0.25, -0.2) is 5.11 Å². The van der Waals surface area contributed by atoms with Gasteiger partial charge in [0.25, 0.3) is 0 Å². The molecule has 0 heterocycles. The molecule has 2 heteroatoms. The van der Waals surface area contributed by atoms with Gasteiger partial charge in [0.05, 0.1) is 6.61 Å². The maximum absolute atomic E-state index is 10.6. The van der Waals surface area contributed by atoms with Crippen molar-refractivity contribution in [3.05, 3.63) is 0 Å². The minimum Gasteiger partial charge on any atom is -0.379 e. The summed E-state index contributed by atoms with van der Waals surface area (Å²) in [5, 5.41) is 10.6. The van der Waals surface area contributed by atoms with Crippen molar-refractivity contribution in [1.29, 1.82) is 0 Å². The normalized spacial score (nSPS) is 13.0. The zero-order chi connectivity index (χ0) is 11.4. The van der Waals surface area contributed by atoms with Gasteiger partial charge >= 0.3 is 0 Å². The van der Waals surface area contributed by atoms with Crippen LogP contribution in [-0.4, -0.2) is 19.3 Å². The van der Waals surface area contributed by atoms with Crippen LogP contribution in [0.1, 0.15) is 65.2 Å². The van der Waals surface area contributed by atoms with Gasteiger partial charge in [0, 0.05) is 6.61 Å². The van der Waals surface area contributed by atoms with E-state index in [-0.39, 0.29) is 0 Å². The van der Waals surface area contributed by atoms with E-state index in [4.69, 9.17) is 4.74 Å². The molecule has 1 radical (unpaired) electrons. The van der Waals surface area contributed by atoms with Gasteiger partial charge in [0.15, 0.2) is 0 Å². The molecule has 0 amide bonds. The Kier molecular flexibility index (Phi) is 11.9. The van der Waals surface area contributed by atoms with Crippen molar-refractivity contribution < 1.29 is 9.84 Å². The molecule has 1 atom stereocenters. The monoisotopic (exact) mass is 215 g/mol. The van der Waals surface area contributed by atoms with Crippen LogP contribution in [0.5, 0.6) is 0 Å². The number of rotatable bonds is 11. The highest BCUT2D eigenvalue weighted by Gasteiger charge is 1.96. The fourth-order valence-corrected chi connectivity index (χ4v) is 1.59. The third-order valence-corrected chi connectivity index (χ3v) is 2.49. The smallest absolute Gasteiger partial charge is 0.113 e. The molecular formula is C13H27O2. The highest BCUT2D eigenvalue weighted by atomic mass is 16.5. The Hall–Kier alpha value is -0.0800. The lowest BCUT2D eigenvalue weighted by Gasteiger charge is -2.04. The predicted molar refractivity (Wildman–Crippen MR) is 63.6 cm³/mol. The fourth-order valence-electron chi connectivity index (χ4n) is 1.59. The van der Waals surface area contributed by atoms with Crippen LogP contribution in [0.25, 0.3) is 0 Å². The summed E-state index contributed by atoms with van der Waals surface area (Å²) in [7, 11) is 0. The third-order valence-electron chi connectivity index (χ3n) is 2.49. The van der Waals surface area contributed by atoms with Crippen LogP contribution >= 0.6 is 0 Å². The van der Waals surface area contributed by atoms with Gasteiger partial charge in [-0.2, -0.15) is 0 Å². The maximum Gasteiger partial charge on any atom is 0.113 e. The van der Waals surface area contributed by atoms with Gasteiger partial charge in [0.1, 0.15) is 6.10 Å². The van der Waals surface area contributed by atoms with E-state index in [9.17, 15) is 5.11 Å². The second-order valence-electron chi connectivity index (χ2n) is 4.36. The molecule has 91 valence electrons. The summed E-state index contributed by atoms with van der Waals surface area (Å²) in [4.78, 5) is 0. The third kappa shape index (κ3) is 13.9. The van der Waals surface area contributed by atoms with E-state index in [1.807, 2.05) is 0 Å². The molecule has 2 nitrogen and oxygen atoms in total. The highest BCUT2D eigenvalue weighted by molar-refractivity contribution is 4.46. The Bertz CT molecular complexity index is 113. The molecule has 0 spiro atoms. The molecule has 15 heavy (non-hydrogen) atoms. The van der Waals surface area contributed by atoms with Gasteiger partial charge in [-0.3, -0.25) is 0 Å². The second kappa shape index (κ2) is 12.0. The molecule has 0 saturated carbocycles. The number of ether oxygens (including phenoxy) is 1. The summed E-state index contributed by atoms with van der Waals surface area (Å²) in [6.07, 6.45) is 9.94. The molecule has 0 aromatic rings. The average Bonchev–Trinajstić information content (AvgIpc) is 2.20. The minimum absolute atomic E-state index is 0.372. The molecule has 0 aromatic heterocycles. The van der Waals surface area contributed by atoms with Crippen molar-refractivity contribution in [3.8, 4) is 0 Å². The largest absolute Gasteiger partial charge is 0.379 e. The average molecular weight is 215 g/mol. The van der Waals surface area contributed by atoms with Crippen LogP contribution in [0.15, 0.2) is 0 Å². The summed E-state index contributed by atoms with van der Waals surface area (Å²) in [5.41, 5.74) is 0. The van der Waals surface area contributed by atoms with Gasteiger partial charge < -0.3 is 4.74 Å². The summed E-state index contributed by atoms with van der Waals surface area (Å²) < 4.78 is 5.23. The van der Waals surface area contributed by atoms with Gasteiger partial charge in [0.2, 0.25) is 0 Å². The molecule has 0 aliphatic rings. The van der Waals surface area contributed by atoms with Gasteiger partial charge in [-0.05, 0) is 13.3 Å². The van der Waals surface area contributed by atoms with Crippen molar-refractivity contribution in [2.45, 2.75) is 71.3 Å². The zero-order valence-electron chi connectivity index (χ0n) is 10.5. The van der Waals surface area contributed by atoms with Crippen LogP contribution in [0.2, 0.25) is 0 Å². The Labute approximate surface area is 95.0 Å². The fraction of sp³-hybridized carbons (Fsp3) is 1.00. The van der Waals surface area contributed by atoms with Crippen LogP contribution in [0.4, 0.5) is 0 Å².